The number of rotatable bonds is 6. The highest BCUT2D eigenvalue weighted by Gasteiger charge is 2.27. The van der Waals surface area contributed by atoms with Crippen molar-refractivity contribution >= 4 is 22.6 Å². The number of nitrogens with one attached hydrogen (secondary N) is 2. The number of fused-ring (bicyclic) bond motifs is 1. The van der Waals surface area contributed by atoms with Gasteiger partial charge in [-0.15, -0.1) is 0 Å². The molecule has 0 unspecified atom stereocenters. The first kappa shape index (κ1) is 18.6. The molecule has 0 saturated carbocycles. The predicted molar refractivity (Wildman–Crippen MR) is 87.7 cm³/mol. The lowest BCUT2D eigenvalue weighted by molar-refractivity contribution is -0.174. The van der Waals surface area contributed by atoms with E-state index in [0.29, 0.717) is 25.4 Å². The van der Waals surface area contributed by atoms with Gasteiger partial charge in [0, 0.05) is 18.8 Å². The van der Waals surface area contributed by atoms with Crippen molar-refractivity contribution < 1.29 is 27.4 Å². The van der Waals surface area contributed by atoms with Gasteiger partial charge in [0.05, 0.1) is 30.8 Å². The third kappa shape index (κ3) is 5.41. The average molecular weight is 372 g/mol. The number of anilines is 1. The van der Waals surface area contributed by atoms with E-state index in [4.69, 9.17) is 4.74 Å². The van der Waals surface area contributed by atoms with Gasteiger partial charge in [-0.25, -0.2) is 4.98 Å². The van der Waals surface area contributed by atoms with Gasteiger partial charge in [-0.1, -0.05) is 0 Å². The Labute approximate surface area is 147 Å². The smallest absolute Gasteiger partial charge is 0.379 e. The summed E-state index contributed by atoms with van der Waals surface area (Å²) in [4.78, 5) is 21.6. The minimum absolute atomic E-state index is 0.458. The molecule has 2 heterocycles. The lowest BCUT2D eigenvalue weighted by atomic mass is 10.3. The molecule has 0 aliphatic carbocycles. The number of imidazole rings is 1. The molecule has 0 radical (unpaired) electrons. The molecule has 1 fully saturated rings. The number of halogens is 3. The zero-order chi connectivity index (χ0) is 18.6. The van der Waals surface area contributed by atoms with Gasteiger partial charge < -0.3 is 19.8 Å². The maximum absolute atomic E-state index is 12.0. The first-order valence-corrected chi connectivity index (χ1v) is 8.12. The summed E-state index contributed by atoms with van der Waals surface area (Å²) in [5.74, 6) is 0.153. The van der Waals surface area contributed by atoms with Gasteiger partial charge in [0.1, 0.15) is 19.0 Å². The van der Waals surface area contributed by atoms with Crippen molar-refractivity contribution in [2.45, 2.75) is 12.7 Å². The number of ether oxygens (including phenoxy) is 2. The molecule has 1 aromatic heterocycles. The van der Waals surface area contributed by atoms with Gasteiger partial charge in [0.25, 0.3) is 0 Å². The Kier molecular flexibility index (Phi) is 5.74. The topological polar surface area (TPSA) is 79.5 Å². The van der Waals surface area contributed by atoms with E-state index in [-0.39, 0.29) is 0 Å². The van der Waals surface area contributed by atoms with Gasteiger partial charge in [0.15, 0.2) is 0 Å². The maximum Gasteiger partial charge on any atom is 0.411 e. The molecule has 0 bridgehead atoms. The lowest BCUT2D eigenvalue weighted by Crippen LogP contribution is -2.35. The summed E-state index contributed by atoms with van der Waals surface area (Å²) in [6.45, 7) is 1.64. The Morgan fingerprint density at radius 2 is 2.12 bits per heavy atom. The van der Waals surface area contributed by atoms with E-state index in [1.54, 1.807) is 18.2 Å². The zero-order valence-corrected chi connectivity index (χ0v) is 13.9. The lowest BCUT2D eigenvalue weighted by Gasteiger charge is -2.25. The summed E-state index contributed by atoms with van der Waals surface area (Å²) in [7, 11) is 0. The van der Waals surface area contributed by atoms with Crippen LogP contribution in [-0.4, -0.2) is 66.5 Å². The van der Waals surface area contributed by atoms with Crippen LogP contribution in [0.15, 0.2) is 18.2 Å². The molecule has 3 rings (SSSR count). The summed E-state index contributed by atoms with van der Waals surface area (Å²) in [5.41, 5.74) is 1.95. The van der Waals surface area contributed by atoms with Gasteiger partial charge in [-0.3, -0.25) is 9.69 Å². The normalized spacial score (nSPS) is 16.1. The number of aromatic nitrogens is 2. The third-order valence-corrected chi connectivity index (χ3v) is 3.79. The van der Waals surface area contributed by atoms with Gasteiger partial charge in [0.2, 0.25) is 5.91 Å². The van der Waals surface area contributed by atoms with Crippen molar-refractivity contribution in [2.75, 3.05) is 44.8 Å². The molecule has 7 nitrogen and oxygen atoms in total. The minimum atomic E-state index is -4.45. The Hall–Kier alpha value is -2.17. The second-order valence-corrected chi connectivity index (χ2v) is 5.96. The molecule has 1 amide bonds. The van der Waals surface area contributed by atoms with Crippen LogP contribution >= 0.6 is 0 Å². The molecule has 2 N–H and O–H groups in total. The summed E-state index contributed by atoms with van der Waals surface area (Å²) in [5, 5.41) is 2.50. The number of amides is 1. The zero-order valence-electron chi connectivity index (χ0n) is 13.9. The standard InChI is InChI=1S/C16H19F3N4O3/c17-16(18,19)10-26-9-15(24)20-11-1-2-12-13(7-11)22-14(21-12)8-23-3-5-25-6-4-23/h1-2,7H,3-6,8-10H2,(H,20,24)(H,21,22). The molecule has 0 spiro atoms. The third-order valence-electron chi connectivity index (χ3n) is 3.79. The van der Waals surface area contributed by atoms with Crippen LogP contribution in [0.3, 0.4) is 0 Å². The van der Waals surface area contributed by atoms with Crippen molar-refractivity contribution in [3.63, 3.8) is 0 Å². The molecule has 1 saturated heterocycles. The molecular weight excluding hydrogens is 353 g/mol. The monoisotopic (exact) mass is 372 g/mol. The van der Waals surface area contributed by atoms with Crippen LogP contribution in [0.2, 0.25) is 0 Å². The summed E-state index contributed by atoms with van der Waals surface area (Å²) in [6.07, 6.45) is -4.45. The maximum atomic E-state index is 12.0. The van der Waals surface area contributed by atoms with E-state index in [9.17, 15) is 18.0 Å². The van der Waals surface area contributed by atoms with E-state index in [2.05, 4.69) is 24.9 Å². The average Bonchev–Trinajstić information content (AvgIpc) is 2.96. The largest absolute Gasteiger partial charge is 0.411 e. The van der Waals surface area contributed by atoms with E-state index in [1.807, 2.05) is 0 Å². The number of aromatic amines is 1. The van der Waals surface area contributed by atoms with Gasteiger partial charge >= 0.3 is 6.18 Å². The number of H-pyrrole nitrogens is 1. The van der Waals surface area contributed by atoms with Crippen LogP contribution in [0.25, 0.3) is 11.0 Å². The number of nitrogens with zero attached hydrogens (tertiary/aromatic N) is 2. The van der Waals surface area contributed by atoms with Crippen molar-refractivity contribution in [1.82, 2.24) is 14.9 Å². The SMILES string of the molecule is O=C(COCC(F)(F)F)Nc1ccc2nc(CN3CCOCC3)[nH]c2c1. The Morgan fingerprint density at radius 1 is 1.35 bits per heavy atom. The van der Waals surface area contributed by atoms with Gasteiger partial charge in [-0.2, -0.15) is 13.2 Å². The van der Waals surface area contributed by atoms with Crippen molar-refractivity contribution in [2.24, 2.45) is 0 Å². The van der Waals surface area contributed by atoms with E-state index >= 15 is 0 Å². The highest BCUT2D eigenvalue weighted by atomic mass is 19.4. The molecule has 1 aliphatic heterocycles. The van der Waals surface area contributed by atoms with E-state index in [0.717, 1.165) is 29.9 Å². The molecule has 2 aromatic rings. The molecular formula is C16H19F3N4O3. The van der Waals surface area contributed by atoms with Crippen LogP contribution in [0.4, 0.5) is 18.9 Å². The van der Waals surface area contributed by atoms with E-state index < -0.39 is 25.3 Å². The molecule has 10 heteroatoms. The summed E-state index contributed by atoms with van der Waals surface area (Å²) >= 11 is 0. The second-order valence-electron chi connectivity index (χ2n) is 5.96. The van der Waals surface area contributed by atoms with Crippen molar-refractivity contribution in [3.8, 4) is 0 Å². The predicted octanol–water partition coefficient (Wildman–Crippen LogP) is 1.91. The number of carbonyl (C=O) groups is 1. The molecule has 0 atom stereocenters. The molecule has 1 aromatic carbocycles. The number of morpholine rings is 1. The van der Waals surface area contributed by atoms with Gasteiger partial charge in [-0.05, 0) is 18.2 Å². The summed E-state index contributed by atoms with van der Waals surface area (Å²) in [6, 6.07) is 5.07. The van der Waals surface area contributed by atoms with Crippen LogP contribution in [0.5, 0.6) is 0 Å². The Balaban J connectivity index is 1.57. The first-order valence-electron chi connectivity index (χ1n) is 8.12. The first-order chi connectivity index (χ1) is 12.4. The number of benzene rings is 1. The van der Waals surface area contributed by atoms with Crippen LogP contribution in [0, 0.1) is 0 Å². The number of hydrogen-bond donors (Lipinski definition) is 2. The quantitative estimate of drug-likeness (QED) is 0.810. The fourth-order valence-electron chi connectivity index (χ4n) is 2.64. The van der Waals surface area contributed by atoms with Crippen LogP contribution in [-0.2, 0) is 20.8 Å². The number of alkyl halides is 3. The minimum Gasteiger partial charge on any atom is -0.379 e. The van der Waals surface area contributed by atoms with Crippen LogP contribution < -0.4 is 5.32 Å². The number of carbonyl (C=O) groups excluding carboxylic acids is 1. The fraction of sp³-hybridized carbons (Fsp3) is 0.500. The highest BCUT2D eigenvalue weighted by molar-refractivity contribution is 5.93. The molecule has 142 valence electrons. The summed E-state index contributed by atoms with van der Waals surface area (Å²) < 4.78 is 45.6. The van der Waals surface area contributed by atoms with Crippen molar-refractivity contribution in [3.05, 3.63) is 24.0 Å². The molecule has 26 heavy (non-hydrogen) atoms. The Bertz CT molecular complexity index is 757. The second kappa shape index (κ2) is 8.02. The molecule has 1 aliphatic rings. The highest BCUT2D eigenvalue weighted by Crippen LogP contribution is 2.19. The van der Waals surface area contributed by atoms with Crippen LogP contribution in [0.1, 0.15) is 5.82 Å². The number of hydrogen-bond acceptors (Lipinski definition) is 5. The fourth-order valence-corrected chi connectivity index (χ4v) is 2.64. The van der Waals surface area contributed by atoms with E-state index in [1.165, 1.54) is 0 Å². The van der Waals surface area contributed by atoms with Crippen molar-refractivity contribution in [1.29, 1.82) is 0 Å². The Morgan fingerprint density at radius 3 is 2.85 bits per heavy atom.